The fraction of sp³-hybridized carbons (Fsp3) is 0.364. The quantitative estimate of drug-likeness (QED) is 0.652. The second-order valence-electron chi connectivity index (χ2n) is 7.86. The molecule has 2 aromatic heterocycles. The molecule has 0 aliphatic heterocycles. The molecule has 0 saturated heterocycles. The third-order valence-electron chi connectivity index (χ3n) is 5.93. The van der Waals surface area contributed by atoms with Crippen molar-refractivity contribution in [2.45, 2.75) is 44.0 Å². The predicted molar refractivity (Wildman–Crippen MR) is 111 cm³/mol. The minimum Gasteiger partial charge on any atom is -0.494 e. The Bertz CT molecular complexity index is 1240. The summed E-state index contributed by atoms with van der Waals surface area (Å²) in [6.07, 6.45) is 1.68. The Morgan fingerprint density at radius 2 is 2.07 bits per heavy atom. The summed E-state index contributed by atoms with van der Waals surface area (Å²) in [7, 11) is 1.52. The minimum absolute atomic E-state index is 0.126. The lowest BCUT2D eigenvalue weighted by atomic mass is 9.94. The molecule has 2 unspecified atom stereocenters. The van der Waals surface area contributed by atoms with Crippen LogP contribution in [0.2, 0.25) is 0 Å². The molecule has 0 bridgehead atoms. The summed E-state index contributed by atoms with van der Waals surface area (Å²) in [6.45, 7) is 0. The zero-order chi connectivity index (χ0) is 21.2. The molecule has 8 heteroatoms. The number of aromatic carboxylic acids is 1. The number of aromatic nitrogens is 1. The lowest BCUT2D eigenvalue weighted by Crippen LogP contribution is -2.19. The van der Waals surface area contributed by atoms with Gasteiger partial charge in [-0.3, -0.25) is 4.79 Å². The number of aliphatic hydroxyl groups is 1. The van der Waals surface area contributed by atoms with Gasteiger partial charge >= 0.3 is 5.97 Å². The molecule has 2 heterocycles. The predicted octanol–water partition coefficient (Wildman–Crippen LogP) is 4.09. The van der Waals surface area contributed by atoms with E-state index in [0.29, 0.717) is 34.4 Å². The second kappa shape index (κ2) is 6.92. The number of alkyl halides is 1. The average molecular weight is 429 g/mol. The van der Waals surface area contributed by atoms with Crippen LogP contribution in [-0.2, 0) is 6.42 Å². The number of carboxylic acids is 1. The van der Waals surface area contributed by atoms with Crippen LogP contribution in [0, 0.1) is 0 Å². The monoisotopic (exact) mass is 429 g/mol. The number of ether oxygens (including phenoxy) is 1. The first-order chi connectivity index (χ1) is 14.4. The fourth-order valence-electron chi connectivity index (χ4n) is 4.25. The fourth-order valence-corrected chi connectivity index (χ4v) is 5.52. The highest BCUT2D eigenvalue weighted by molar-refractivity contribution is 7.15. The number of rotatable bonds is 4. The number of pyridine rings is 1. The third kappa shape index (κ3) is 2.86. The van der Waals surface area contributed by atoms with Gasteiger partial charge in [-0.15, -0.1) is 11.3 Å². The summed E-state index contributed by atoms with van der Waals surface area (Å²) in [5.74, 6) is -0.765. The summed E-state index contributed by atoms with van der Waals surface area (Å²) >= 11 is 1.33. The Morgan fingerprint density at radius 3 is 2.73 bits per heavy atom. The molecule has 2 N–H and O–H groups in total. The number of hydrogen-bond acceptors (Lipinski definition) is 5. The van der Waals surface area contributed by atoms with E-state index >= 15 is 0 Å². The van der Waals surface area contributed by atoms with Gasteiger partial charge < -0.3 is 19.5 Å². The normalized spacial score (nSPS) is 20.9. The van der Waals surface area contributed by atoms with E-state index in [1.54, 1.807) is 12.1 Å². The van der Waals surface area contributed by atoms with Gasteiger partial charge in [-0.25, -0.2) is 9.18 Å². The summed E-state index contributed by atoms with van der Waals surface area (Å²) < 4.78 is 21.5. The smallest absolute Gasteiger partial charge is 0.341 e. The maximum absolute atomic E-state index is 14.0. The zero-order valence-electron chi connectivity index (χ0n) is 16.2. The molecule has 0 radical (unpaired) electrons. The lowest BCUT2D eigenvalue weighted by Gasteiger charge is -2.21. The Morgan fingerprint density at radius 1 is 1.30 bits per heavy atom. The number of methoxy groups -OCH3 is 1. The standard InChI is InChI=1S/C22H20FNO5S/c1-29-20-12(16-8-10-2-7-15(23)19(26)21(10)30-16)5-6-13-17(20)24(11-3-4-11)9-14(18(13)25)22(27)28/h5-6,8-9,11,15,19,26H,2-4,7H2,1H3,(H,27,28). The van der Waals surface area contributed by atoms with Crippen LogP contribution in [0.5, 0.6) is 5.75 Å². The Balaban J connectivity index is 1.77. The van der Waals surface area contributed by atoms with E-state index in [1.165, 1.54) is 24.6 Å². The number of aliphatic hydroxyl groups excluding tert-OH is 1. The summed E-state index contributed by atoms with van der Waals surface area (Å²) in [5.41, 5.74) is 1.44. The first-order valence-electron chi connectivity index (χ1n) is 9.85. The van der Waals surface area contributed by atoms with E-state index < -0.39 is 23.7 Å². The highest BCUT2D eigenvalue weighted by Crippen LogP contribution is 2.46. The van der Waals surface area contributed by atoms with Gasteiger partial charge in [0.1, 0.15) is 17.8 Å². The number of fused-ring (bicyclic) bond motifs is 2. The van der Waals surface area contributed by atoms with Crippen LogP contribution in [-0.4, -0.2) is 34.0 Å². The van der Waals surface area contributed by atoms with Crippen molar-refractivity contribution in [2.24, 2.45) is 0 Å². The molecule has 2 aliphatic carbocycles. The Labute approximate surface area is 175 Å². The number of carboxylic acid groups (broad SMARTS) is 1. The number of hydrogen-bond donors (Lipinski definition) is 2. The van der Waals surface area contributed by atoms with Gasteiger partial charge in [0.15, 0.2) is 5.75 Å². The molecular weight excluding hydrogens is 409 g/mol. The molecule has 2 aliphatic rings. The molecule has 0 spiro atoms. The lowest BCUT2D eigenvalue weighted by molar-refractivity contribution is 0.0675. The van der Waals surface area contributed by atoms with E-state index in [9.17, 15) is 24.2 Å². The Kier molecular flexibility index (Phi) is 4.44. The highest BCUT2D eigenvalue weighted by atomic mass is 32.1. The summed E-state index contributed by atoms with van der Waals surface area (Å²) in [5, 5.41) is 20.0. The van der Waals surface area contributed by atoms with Crippen LogP contribution in [0.3, 0.4) is 0 Å². The van der Waals surface area contributed by atoms with Crippen LogP contribution >= 0.6 is 11.3 Å². The first kappa shape index (κ1) is 19.3. The molecule has 1 saturated carbocycles. The largest absolute Gasteiger partial charge is 0.494 e. The van der Waals surface area contributed by atoms with Crippen LogP contribution in [0.4, 0.5) is 4.39 Å². The van der Waals surface area contributed by atoms with Crippen molar-refractivity contribution >= 4 is 28.2 Å². The van der Waals surface area contributed by atoms with Crippen molar-refractivity contribution in [1.82, 2.24) is 4.57 Å². The van der Waals surface area contributed by atoms with Crippen LogP contribution < -0.4 is 10.2 Å². The van der Waals surface area contributed by atoms with Crippen molar-refractivity contribution in [1.29, 1.82) is 0 Å². The van der Waals surface area contributed by atoms with E-state index in [1.807, 2.05) is 10.6 Å². The van der Waals surface area contributed by atoms with Crippen molar-refractivity contribution in [3.8, 4) is 16.2 Å². The number of benzene rings is 1. The van der Waals surface area contributed by atoms with Crippen LogP contribution in [0.1, 0.15) is 52.2 Å². The van der Waals surface area contributed by atoms with E-state index in [2.05, 4.69) is 0 Å². The maximum atomic E-state index is 14.0. The number of carbonyl (C=O) groups is 1. The first-order valence-corrected chi connectivity index (χ1v) is 10.7. The SMILES string of the molecule is COc1c(-c2cc3c(s2)C(O)C(F)CC3)ccc2c(=O)c(C(=O)O)cn(C3CC3)c12. The molecule has 5 rings (SSSR count). The number of halogens is 1. The molecule has 6 nitrogen and oxygen atoms in total. The minimum atomic E-state index is -1.27. The van der Waals surface area contributed by atoms with Crippen LogP contribution in [0.15, 0.2) is 29.2 Å². The van der Waals surface area contributed by atoms with Gasteiger partial charge in [-0.1, -0.05) is 0 Å². The van der Waals surface area contributed by atoms with Gasteiger partial charge in [-0.05, 0) is 49.4 Å². The van der Waals surface area contributed by atoms with Gasteiger partial charge in [0.25, 0.3) is 0 Å². The number of aryl methyl sites for hydroxylation is 1. The highest BCUT2D eigenvalue weighted by Gasteiger charge is 2.32. The number of nitrogens with zero attached hydrogens (tertiary/aromatic N) is 1. The van der Waals surface area contributed by atoms with Crippen molar-refractivity contribution in [3.63, 3.8) is 0 Å². The topological polar surface area (TPSA) is 88.8 Å². The van der Waals surface area contributed by atoms with Crippen LogP contribution in [0.25, 0.3) is 21.3 Å². The molecule has 0 amide bonds. The van der Waals surface area contributed by atoms with Gasteiger partial charge in [0, 0.05) is 27.6 Å². The number of thiophene rings is 1. The molecule has 1 fully saturated rings. The molecule has 156 valence electrons. The molecule has 1 aromatic carbocycles. The molecule has 2 atom stereocenters. The zero-order valence-corrected chi connectivity index (χ0v) is 17.0. The van der Waals surface area contributed by atoms with E-state index in [-0.39, 0.29) is 11.6 Å². The third-order valence-corrected chi connectivity index (χ3v) is 7.21. The van der Waals surface area contributed by atoms with Gasteiger partial charge in [-0.2, -0.15) is 0 Å². The maximum Gasteiger partial charge on any atom is 0.341 e. The average Bonchev–Trinajstić information content (AvgIpc) is 3.48. The van der Waals surface area contributed by atoms with Crippen molar-refractivity contribution < 1.29 is 24.1 Å². The Hall–Kier alpha value is -2.71. The van der Waals surface area contributed by atoms with E-state index in [0.717, 1.165) is 28.8 Å². The molecule has 3 aromatic rings. The van der Waals surface area contributed by atoms with Crippen molar-refractivity contribution in [3.05, 3.63) is 50.6 Å². The van der Waals surface area contributed by atoms with E-state index in [4.69, 9.17) is 4.74 Å². The summed E-state index contributed by atoms with van der Waals surface area (Å²) in [6, 6.07) is 5.45. The summed E-state index contributed by atoms with van der Waals surface area (Å²) in [4.78, 5) is 25.8. The molecule has 30 heavy (non-hydrogen) atoms. The van der Waals surface area contributed by atoms with Crippen molar-refractivity contribution in [2.75, 3.05) is 7.11 Å². The van der Waals surface area contributed by atoms with Gasteiger partial charge in [0.05, 0.1) is 18.0 Å². The van der Waals surface area contributed by atoms with Gasteiger partial charge in [0.2, 0.25) is 5.43 Å². The second-order valence-corrected chi connectivity index (χ2v) is 8.94. The molecular formula is C22H20FNO5S.